The molecule has 2 rings (SSSR count). The second kappa shape index (κ2) is 5.30. The minimum absolute atomic E-state index is 0.678. The Morgan fingerprint density at radius 3 is 2.75 bits per heavy atom. The Balaban J connectivity index is 1.77. The summed E-state index contributed by atoms with van der Waals surface area (Å²) in [7, 11) is 0. The van der Waals surface area contributed by atoms with Crippen molar-refractivity contribution >= 4 is 5.82 Å². The van der Waals surface area contributed by atoms with Gasteiger partial charge in [-0.2, -0.15) is 0 Å². The van der Waals surface area contributed by atoms with Crippen molar-refractivity contribution in [2.45, 2.75) is 39.3 Å². The number of rotatable bonds is 6. The predicted molar refractivity (Wildman–Crippen MR) is 67.4 cm³/mol. The summed E-state index contributed by atoms with van der Waals surface area (Å²) in [6, 6.07) is 4.90. The first-order chi connectivity index (χ1) is 7.74. The maximum Gasteiger partial charge on any atom is 0.126 e. The zero-order chi connectivity index (χ0) is 11.4. The summed E-state index contributed by atoms with van der Waals surface area (Å²) in [6.07, 6.45) is 4.54. The number of hydrogen-bond acceptors (Lipinski definition) is 3. The van der Waals surface area contributed by atoms with Crippen LogP contribution in [0.2, 0.25) is 0 Å². The molecule has 1 aromatic rings. The Bertz CT molecular complexity index is 314. The summed E-state index contributed by atoms with van der Waals surface area (Å²) in [6.45, 7) is 6.40. The topological polar surface area (TPSA) is 37.0 Å². The lowest BCUT2D eigenvalue weighted by atomic mass is 10.2. The quantitative estimate of drug-likeness (QED) is 0.771. The molecule has 2 N–H and O–H groups in total. The first-order valence-electron chi connectivity index (χ1n) is 6.16. The molecular formula is C13H21N3. The van der Waals surface area contributed by atoms with Crippen LogP contribution in [0.1, 0.15) is 32.3 Å². The summed E-state index contributed by atoms with van der Waals surface area (Å²) >= 11 is 0. The molecule has 0 bridgehead atoms. The molecule has 16 heavy (non-hydrogen) atoms. The molecular weight excluding hydrogens is 198 g/mol. The maximum absolute atomic E-state index is 4.41. The molecule has 1 aliphatic rings. The van der Waals surface area contributed by atoms with Gasteiger partial charge in [-0.05, 0) is 36.9 Å². The largest absolute Gasteiger partial charge is 0.367 e. The van der Waals surface area contributed by atoms with E-state index in [1.165, 1.54) is 18.4 Å². The first kappa shape index (κ1) is 11.4. The second-order valence-corrected chi connectivity index (χ2v) is 5.00. The average molecular weight is 219 g/mol. The molecule has 0 aliphatic heterocycles. The van der Waals surface area contributed by atoms with Crippen LogP contribution in [0.5, 0.6) is 0 Å². The Labute approximate surface area is 97.7 Å². The van der Waals surface area contributed by atoms with Crippen LogP contribution in [0.25, 0.3) is 0 Å². The van der Waals surface area contributed by atoms with Gasteiger partial charge in [-0.3, -0.25) is 0 Å². The molecule has 0 spiro atoms. The molecule has 1 saturated carbocycles. The monoisotopic (exact) mass is 219 g/mol. The van der Waals surface area contributed by atoms with E-state index in [1.54, 1.807) is 0 Å². The number of nitrogens with one attached hydrogen (secondary N) is 2. The molecule has 0 unspecified atom stereocenters. The molecule has 1 fully saturated rings. The molecule has 0 aromatic carbocycles. The van der Waals surface area contributed by atoms with E-state index in [0.717, 1.165) is 18.9 Å². The standard InChI is InChI=1S/C13H21N3/c1-10(2)7-14-8-11-3-6-13(15-9-11)16-12-4-5-12/h3,6,9-10,12,14H,4-5,7-8H2,1-2H3,(H,15,16). The van der Waals surface area contributed by atoms with Crippen molar-refractivity contribution in [1.29, 1.82) is 0 Å². The zero-order valence-corrected chi connectivity index (χ0v) is 10.2. The molecule has 0 radical (unpaired) electrons. The molecule has 3 heteroatoms. The number of anilines is 1. The average Bonchev–Trinajstić information content (AvgIpc) is 3.04. The summed E-state index contributed by atoms with van der Waals surface area (Å²) in [5.41, 5.74) is 1.25. The fourth-order valence-corrected chi connectivity index (χ4v) is 1.56. The first-order valence-corrected chi connectivity index (χ1v) is 6.16. The Hall–Kier alpha value is -1.09. The molecule has 0 saturated heterocycles. The minimum atomic E-state index is 0.678. The van der Waals surface area contributed by atoms with Crippen molar-refractivity contribution in [3.05, 3.63) is 23.9 Å². The van der Waals surface area contributed by atoms with Gasteiger partial charge >= 0.3 is 0 Å². The second-order valence-electron chi connectivity index (χ2n) is 5.00. The van der Waals surface area contributed by atoms with Gasteiger partial charge in [0.1, 0.15) is 5.82 Å². The van der Waals surface area contributed by atoms with Gasteiger partial charge in [-0.15, -0.1) is 0 Å². The highest BCUT2D eigenvalue weighted by atomic mass is 15.0. The lowest BCUT2D eigenvalue weighted by molar-refractivity contribution is 0.552. The smallest absolute Gasteiger partial charge is 0.126 e. The van der Waals surface area contributed by atoms with Gasteiger partial charge in [0.25, 0.3) is 0 Å². The number of aromatic nitrogens is 1. The summed E-state index contributed by atoms with van der Waals surface area (Å²) < 4.78 is 0. The van der Waals surface area contributed by atoms with Gasteiger partial charge < -0.3 is 10.6 Å². The van der Waals surface area contributed by atoms with E-state index in [-0.39, 0.29) is 0 Å². The van der Waals surface area contributed by atoms with Gasteiger partial charge in [-0.1, -0.05) is 19.9 Å². The van der Waals surface area contributed by atoms with Crippen molar-refractivity contribution < 1.29 is 0 Å². The third-order valence-corrected chi connectivity index (χ3v) is 2.64. The van der Waals surface area contributed by atoms with Crippen LogP contribution in [0.3, 0.4) is 0 Å². The maximum atomic E-state index is 4.41. The van der Waals surface area contributed by atoms with Crippen LogP contribution in [-0.4, -0.2) is 17.6 Å². The van der Waals surface area contributed by atoms with Crippen LogP contribution in [-0.2, 0) is 6.54 Å². The molecule has 1 aliphatic carbocycles. The fraction of sp³-hybridized carbons (Fsp3) is 0.615. The van der Waals surface area contributed by atoms with Crippen molar-refractivity contribution in [1.82, 2.24) is 10.3 Å². The highest BCUT2D eigenvalue weighted by molar-refractivity contribution is 5.37. The van der Waals surface area contributed by atoms with Crippen molar-refractivity contribution in [2.75, 3.05) is 11.9 Å². The number of nitrogens with zero attached hydrogens (tertiary/aromatic N) is 1. The summed E-state index contributed by atoms with van der Waals surface area (Å²) in [5.74, 6) is 1.71. The van der Waals surface area contributed by atoms with Crippen LogP contribution < -0.4 is 10.6 Å². The summed E-state index contributed by atoms with van der Waals surface area (Å²) in [4.78, 5) is 4.41. The third kappa shape index (κ3) is 3.81. The van der Waals surface area contributed by atoms with Gasteiger partial charge in [0.2, 0.25) is 0 Å². The van der Waals surface area contributed by atoms with Gasteiger partial charge in [0, 0.05) is 18.8 Å². The van der Waals surface area contributed by atoms with Crippen LogP contribution in [0, 0.1) is 5.92 Å². The Kier molecular flexibility index (Phi) is 3.78. The highest BCUT2D eigenvalue weighted by Gasteiger charge is 2.20. The van der Waals surface area contributed by atoms with E-state index in [1.807, 2.05) is 6.20 Å². The molecule has 0 atom stereocenters. The fourth-order valence-electron chi connectivity index (χ4n) is 1.56. The minimum Gasteiger partial charge on any atom is -0.367 e. The van der Waals surface area contributed by atoms with E-state index in [4.69, 9.17) is 0 Å². The Morgan fingerprint density at radius 2 is 2.19 bits per heavy atom. The SMILES string of the molecule is CC(C)CNCc1ccc(NC2CC2)nc1. The molecule has 1 aromatic heterocycles. The van der Waals surface area contributed by atoms with E-state index in [2.05, 4.69) is 41.6 Å². The van der Waals surface area contributed by atoms with E-state index in [0.29, 0.717) is 12.0 Å². The van der Waals surface area contributed by atoms with Gasteiger partial charge in [-0.25, -0.2) is 4.98 Å². The normalized spacial score (nSPS) is 15.4. The predicted octanol–water partition coefficient (Wildman–Crippen LogP) is 2.40. The van der Waals surface area contributed by atoms with Crippen LogP contribution in [0.15, 0.2) is 18.3 Å². The lowest BCUT2D eigenvalue weighted by Gasteiger charge is -2.08. The van der Waals surface area contributed by atoms with Crippen molar-refractivity contribution in [3.8, 4) is 0 Å². The van der Waals surface area contributed by atoms with E-state index >= 15 is 0 Å². The van der Waals surface area contributed by atoms with Crippen LogP contribution in [0.4, 0.5) is 5.82 Å². The van der Waals surface area contributed by atoms with Gasteiger partial charge in [0.15, 0.2) is 0 Å². The number of hydrogen-bond donors (Lipinski definition) is 2. The molecule has 1 heterocycles. The molecule has 3 nitrogen and oxygen atoms in total. The van der Waals surface area contributed by atoms with Gasteiger partial charge in [0.05, 0.1) is 0 Å². The van der Waals surface area contributed by atoms with Crippen LogP contribution >= 0.6 is 0 Å². The van der Waals surface area contributed by atoms with Crippen molar-refractivity contribution in [3.63, 3.8) is 0 Å². The number of pyridine rings is 1. The molecule has 88 valence electrons. The van der Waals surface area contributed by atoms with Crippen molar-refractivity contribution in [2.24, 2.45) is 5.92 Å². The molecule has 0 amide bonds. The Morgan fingerprint density at radius 1 is 1.38 bits per heavy atom. The highest BCUT2D eigenvalue weighted by Crippen LogP contribution is 2.23. The zero-order valence-electron chi connectivity index (χ0n) is 10.2. The van der Waals surface area contributed by atoms with E-state index < -0.39 is 0 Å². The third-order valence-electron chi connectivity index (χ3n) is 2.64. The lowest BCUT2D eigenvalue weighted by Crippen LogP contribution is -2.19. The summed E-state index contributed by atoms with van der Waals surface area (Å²) in [5, 5.41) is 6.80. The van der Waals surface area contributed by atoms with E-state index in [9.17, 15) is 0 Å².